The third-order valence-electron chi connectivity index (χ3n) is 4.98. The molecule has 27 heavy (non-hydrogen) atoms. The average Bonchev–Trinajstić information content (AvgIpc) is 3.17. The predicted molar refractivity (Wildman–Crippen MR) is 101 cm³/mol. The molecule has 0 radical (unpaired) electrons. The van der Waals surface area contributed by atoms with E-state index >= 15 is 0 Å². The number of carbonyl (C=O) groups excluding carboxylic acids is 1. The molecule has 1 N–H and O–H groups in total. The smallest absolute Gasteiger partial charge is 0.255 e. The average molecular weight is 363 g/mol. The number of nitrogens with zero attached hydrogens (tertiary/aromatic N) is 4. The molecular formula is C20H21N5O2. The molecule has 1 saturated heterocycles. The molecule has 1 fully saturated rings. The topological polar surface area (TPSA) is 83.9 Å². The van der Waals surface area contributed by atoms with Crippen LogP contribution in [0.2, 0.25) is 0 Å². The molecule has 0 aliphatic carbocycles. The molecule has 0 spiro atoms. The first-order valence-electron chi connectivity index (χ1n) is 9.09. The second kappa shape index (κ2) is 7.57. The Morgan fingerprint density at radius 2 is 1.96 bits per heavy atom. The van der Waals surface area contributed by atoms with E-state index in [1.807, 2.05) is 35.5 Å². The van der Waals surface area contributed by atoms with E-state index in [0.717, 1.165) is 24.4 Å². The van der Waals surface area contributed by atoms with Crippen LogP contribution >= 0.6 is 0 Å². The van der Waals surface area contributed by atoms with Crippen molar-refractivity contribution < 1.29 is 4.79 Å². The van der Waals surface area contributed by atoms with Gasteiger partial charge in [0.1, 0.15) is 5.82 Å². The number of piperidine rings is 1. The van der Waals surface area contributed by atoms with Gasteiger partial charge >= 0.3 is 0 Å². The van der Waals surface area contributed by atoms with Gasteiger partial charge in [-0.2, -0.15) is 0 Å². The van der Waals surface area contributed by atoms with E-state index in [2.05, 4.69) is 19.5 Å². The van der Waals surface area contributed by atoms with E-state index in [1.54, 1.807) is 12.3 Å². The van der Waals surface area contributed by atoms with Crippen molar-refractivity contribution in [2.45, 2.75) is 25.3 Å². The van der Waals surface area contributed by atoms with Crippen molar-refractivity contribution >= 4 is 5.91 Å². The number of pyridine rings is 2. The highest BCUT2D eigenvalue weighted by Gasteiger charge is 2.27. The number of amides is 1. The number of carbonyl (C=O) groups is 1. The molecule has 138 valence electrons. The monoisotopic (exact) mass is 363 g/mol. The summed E-state index contributed by atoms with van der Waals surface area (Å²) in [4.78, 5) is 37.1. The quantitative estimate of drug-likeness (QED) is 0.769. The van der Waals surface area contributed by atoms with Crippen molar-refractivity contribution in [3.63, 3.8) is 0 Å². The SMILES string of the molecule is O=C(c1ccc(=O)[nH]c1)N1CCC(c2nccn2Cc2ccccn2)CC1. The molecule has 3 aromatic heterocycles. The first-order valence-corrected chi connectivity index (χ1v) is 9.09. The number of rotatable bonds is 4. The standard InChI is InChI=1S/C20H21N5O2/c26-18-5-4-16(13-23-18)20(27)24-10-6-15(7-11-24)19-22-9-12-25(19)14-17-3-1-2-8-21-17/h1-5,8-9,12-13,15H,6-7,10-11,14H2,(H,23,26). The highest BCUT2D eigenvalue weighted by atomic mass is 16.2. The van der Waals surface area contributed by atoms with Crippen molar-refractivity contribution in [2.24, 2.45) is 0 Å². The van der Waals surface area contributed by atoms with Gasteiger partial charge in [0, 0.05) is 49.9 Å². The fourth-order valence-corrected chi connectivity index (χ4v) is 3.55. The minimum atomic E-state index is -0.204. The summed E-state index contributed by atoms with van der Waals surface area (Å²) in [6, 6.07) is 8.86. The normalized spacial score (nSPS) is 15.0. The zero-order valence-electron chi connectivity index (χ0n) is 14.9. The Balaban J connectivity index is 1.41. The number of likely N-dealkylation sites (tertiary alicyclic amines) is 1. The van der Waals surface area contributed by atoms with Crippen LogP contribution < -0.4 is 5.56 Å². The predicted octanol–water partition coefficient (Wildman–Crippen LogP) is 2.03. The lowest BCUT2D eigenvalue weighted by Crippen LogP contribution is -2.38. The summed E-state index contributed by atoms with van der Waals surface area (Å²) in [5.74, 6) is 1.33. The van der Waals surface area contributed by atoms with Gasteiger partial charge in [-0.05, 0) is 31.0 Å². The number of nitrogens with one attached hydrogen (secondary N) is 1. The van der Waals surface area contributed by atoms with E-state index in [-0.39, 0.29) is 11.5 Å². The van der Waals surface area contributed by atoms with Gasteiger partial charge in [-0.15, -0.1) is 0 Å². The molecule has 3 aromatic rings. The van der Waals surface area contributed by atoms with Crippen molar-refractivity contribution in [1.82, 2.24) is 24.4 Å². The van der Waals surface area contributed by atoms with Gasteiger partial charge in [-0.25, -0.2) is 4.98 Å². The van der Waals surface area contributed by atoms with Gasteiger partial charge in [-0.3, -0.25) is 14.6 Å². The Hall–Kier alpha value is -3.22. The second-order valence-corrected chi connectivity index (χ2v) is 6.74. The zero-order chi connectivity index (χ0) is 18.6. The van der Waals surface area contributed by atoms with Gasteiger partial charge in [0.15, 0.2) is 0 Å². The molecule has 0 saturated carbocycles. The second-order valence-electron chi connectivity index (χ2n) is 6.74. The number of aromatic amines is 1. The minimum absolute atomic E-state index is 0.0403. The van der Waals surface area contributed by atoms with E-state index in [9.17, 15) is 9.59 Å². The van der Waals surface area contributed by atoms with Crippen LogP contribution in [0.25, 0.3) is 0 Å². The molecule has 7 heteroatoms. The third-order valence-corrected chi connectivity index (χ3v) is 4.98. The van der Waals surface area contributed by atoms with E-state index in [1.165, 1.54) is 12.3 Å². The minimum Gasteiger partial charge on any atom is -0.339 e. The van der Waals surface area contributed by atoms with Crippen LogP contribution in [0.1, 0.15) is 40.6 Å². The van der Waals surface area contributed by atoms with Crippen LogP contribution in [0.5, 0.6) is 0 Å². The highest BCUT2D eigenvalue weighted by molar-refractivity contribution is 5.93. The summed E-state index contributed by atoms with van der Waals surface area (Å²) in [6.45, 7) is 2.06. The van der Waals surface area contributed by atoms with Crippen molar-refractivity contribution in [3.05, 3.63) is 82.6 Å². The Bertz CT molecular complexity index is 951. The first-order chi connectivity index (χ1) is 13.2. The van der Waals surface area contributed by atoms with Gasteiger partial charge < -0.3 is 14.5 Å². The number of aromatic nitrogens is 4. The van der Waals surface area contributed by atoms with E-state index < -0.39 is 0 Å². The van der Waals surface area contributed by atoms with Crippen LogP contribution in [0, 0.1) is 0 Å². The lowest BCUT2D eigenvalue weighted by Gasteiger charge is -2.32. The molecule has 0 aromatic carbocycles. The first kappa shape index (κ1) is 17.2. The van der Waals surface area contributed by atoms with Crippen molar-refractivity contribution in [2.75, 3.05) is 13.1 Å². The molecule has 4 heterocycles. The maximum atomic E-state index is 12.6. The van der Waals surface area contributed by atoms with Crippen LogP contribution in [0.3, 0.4) is 0 Å². The molecular weight excluding hydrogens is 342 g/mol. The third kappa shape index (κ3) is 3.81. The van der Waals surface area contributed by atoms with Crippen LogP contribution in [0.4, 0.5) is 0 Å². The summed E-state index contributed by atoms with van der Waals surface area (Å²) in [7, 11) is 0. The molecule has 1 amide bonds. The Labute approximate surface area is 156 Å². The molecule has 0 atom stereocenters. The zero-order valence-corrected chi connectivity index (χ0v) is 14.9. The van der Waals surface area contributed by atoms with Gasteiger partial charge in [0.05, 0.1) is 17.8 Å². The number of hydrogen-bond donors (Lipinski definition) is 1. The summed E-state index contributed by atoms with van der Waals surface area (Å²) in [5.41, 5.74) is 1.32. The molecule has 4 rings (SSSR count). The fourth-order valence-electron chi connectivity index (χ4n) is 3.55. The lowest BCUT2D eigenvalue weighted by molar-refractivity contribution is 0.0710. The van der Waals surface area contributed by atoms with Gasteiger partial charge in [0.25, 0.3) is 5.91 Å². The van der Waals surface area contributed by atoms with Crippen LogP contribution in [-0.2, 0) is 6.54 Å². The number of imidazole rings is 1. The molecule has 7 nitrogen and oxygen atoms in total. The van der Waals surface area contributed by atoms with Gasteiger partial charge in [-0.1, -0.05) is 6.07 Å². The Kier molecular flexibility index (Phi) is 4.82. The fraction of sp³-hybridized carbons (Fsp3) is 0.300. The summed E-state index contributed by atoms with van der Waals surface area (Å²) >= 11 is 0. The van der Waals surface area contributed by atoms with E-state index in [4.69, 9.17) is 0 Å². The Morgan fingerprint density at radius 3 is 2.67 bits per heavy atom. The maximum Gasteiger partial charge on any atom is 0.255 e. The summed E-state index contributed by atoms with van der Waals surface area (Å²) in [6.07, 6.45) is 8.84. The van der Waals surface area contributed by atoms with Crippen molar-refractivity contribution in [1.29, 1.82) is 0 Å². The summed E-state index contributed by atoms with van der Waals surface area (Å²) in [5, 5.41) is 0. The van der Waals surface area contributed by atoms with E-state index in [0.29, 0.717) is 31.1 Å². The largest absolute Gasteiger partial charge is 0.339 e. The van der Waals surface area contributed by atoms with Crippen molar-refractivity contribution in [3.8, 4) is 0 Å². The van der Waals surface area contributed by atoms with Crippen LogP contribution in [-0.4, -0.2) is 43.4 Å². The molecule has 0 unspecified atom stereocenters. The summed E-state index contributed by atoms with van der Waals surface area (Å²) < 4.78 is 2.15. The molecule has 0 bridgehead atoms. The number of H-pyrrole nitrogens is 1. The van der Waals surface area contributed by atoms with Gasteiger partial charge in [0.2, 0.25) is 5.56 Å². The maximum absolute atomic E-state index is 12.6. The highest BCUT2D eigenvalue weighted by Crippen LogP contribution is 2.28. The Morgan fingerprint density at radius 1 is 1.11 bits per heavy atom. The molecule has 1 aliphatic heterocycles. The number of hydrogen-bond acceptors (Lipinski definition) is 4. The van der Waals surface area contributed by atoms with Crippen LogP contribution in [0.15, 0.2) is 59.9 Å². The lowest BCUT2D eigenvalue weighted by atomic mass is 9.95. The molecule has 1 aliphatic rings.